The van der Waals surface area contributed by atoms with Gasteiger partial charge in [-0.1, -0.05) is 11.8 Å². The van der Waals surface area contributed by atoms with Crippen LogP contribution in [0.1, 0.15) is 51.2 Å². The van der Waals surface area contributed by atoms with E-state index in [0.717, 1.165) is 6.07 Å². The van der Waals surface area contributed by atoms with Crippen LogP contribution in [-0.2, 0) is 10.3 Å². The van der Waals surface area contributed by atoms with Gasteiger partial charge in [-0.2, -0.15) is 0 Å². The maximum Gasteiger partial charge on any atom is 0.413 e. The zero-order chi connectivity index (χ0) is 21.2. The predicted molar refractivity (Wildman–Crippen MR) is 112 cm³/mol. The highest BCUT2D eigenvalue weighted by Gasteiger charge is 2.35. The number of aliphatic imine (C=N–C) groups is 3. The van der Waals surface area contributed by atoms with E-state index in [1.807, 2.05) is 0 Å². The Morgan fingerprint density at radius 2 is 2.07 bits per heavy atom. The fraction of sp³-hybridized carbons (Fsp3) is 0.500. The number of amidine groups is 1. The molecule has 2 aliphatic heterocycles. The number of carbonyl (C=O) groups excluding carboxylic acids is 1. The molecule has 1 aromatic carbocycles. The summed E-state index contributed by atoms with van der Waals surface area (Å²) in [6, 6.07) is 2.40. The van der Waals surface area contributed by atoms with Crippen LogP contribution in [0.2, 0.25) is 0 Å². The monoisotopic (exact) mass is 422 g/mol. The lowest BCUT2D eigenvalue weighted by Crippen LogP contribution is -2.39. The molecule has 2 aliphatic rings. The van der Waals surface area contributed by atoms with Crippen molar-refractivity contribution < 1.29 is 18.3 Å². The molecule has 0 aromatic heterocycles. The van der Waals surface area contributed by atoms with Gasteiger partial charge in [0.15, 0.2) is 5.17 Å². The molecule has 9 heteroatoms. The standard InChI is InChI=1S/C20H24F2N4O2S/c1-19(2,3)28-18(27)25-17-26-20(4,5-6-29-17)14-7-13(15(21)8-16(14)22)12-9-23-11-24-10-12/h7-9,11-12H,5-6,10H2,1-4H3,(H,25,26,27)/t12?,20-/m0/s1. The minimum Gasteiger partial charge on any atom is -0.444 e. The van der Waals surface area contributed by atoms with Crippen molar-refractivity contribution in [1.29, 1.82) is 0 Å². The molecule has 0 fully saturated rings. The molecule has 29 heavy (non-hydrogen) atoms. The quantitative estimate of drug-likeness (QED) is 0.768. The molecule has 1 N–H and O–H groups in total. The first kappa shape index (κ1) is 21.4. The summed E-state index contributed by atoms with van der Waals surface area (Å²) in [4.78, 5) is 24.7. The van der Waals surface area contributed by atoms with Gasteiger partial charge in [0, 0.05) is 29.5 Å². The van der Waals surface area contributed by atoms with Crippen molar-refractivity contribution in [3.63, 3.8) is 0 Å². The van der Waals surface area contributed by atoms with Crippen LogP contribution in [0.25, 0.3) is 0 Å². The largest absolute Gasteiger partial charge is 0.444 e. The number of benzene rings is 1. The van der Waals surface area contributed by atoms with Gasteiger partial charge in [0.1, 0.15) is 23.6 Å². The van der Waals surface area contributed by atoms with Gasteiger partial charge < -0.3 is 4.74 Å². The van der Waals surface area contributed by atoms with Crippen molar-refractivity contribution in [1.82, 2.24) is 5.32 Å². The van der Waals surface area contributed by atoms with Crippen molar-refractivity contribution in [3.05, 3.63) is 34.9 Å². The SMILES string of the molecule is CC(C)(C)OC(=O)NC1=N[C@](C)(c2cc(C3C=NC=NC3)c(F)cc2F)CCS1. The number of amides is 1. The predicted octanol–water partition coefficient (Wildman–Crippen LogP) is 4.39. The second kappa shape index (κ2) is 8.22. The zero-order valence-electron chi connectivity index (χ0n) is 16.8. The number of hydrogen-bond donors (Lipinski definition) is 1. The van der Waals surface area contributed by atoms with Crippen molar-refractivity contribution >= 4 is 35.6 Å². The number of carbonyl (C=O) groups is 1. The Hall–Kier alpha value is -2.29. The van der Waals surface area contributed by atoms with E-state index in [2.05, 4.69) is 20.3 Å². The molecule has 6 nitrogen and oxygen atoms in total. The lowest BCUT2D eigenvalue weighted by Gasteiger charge is -2.32. The third kappa shape index (κ3) is 5.20. The maximum atomic E-state index is 14.7. The summed E-state index contributed by atoms with van der Waals surface area (Å²) >= 11 is 1.36. The molecule has 0 aliphatic carbocycles. The van der Waals surface area contributed by atoms with Crippen LogP contribution < -0.4 is 5.32 Å². The van der Waals surface area contributed by atoms with Crippen LogP contribution in [0.3, 0.4) is 0 Å². The number of ether oxygens (including phenoxy) is 1. The number of nitrogens with zero attached hydrogens (tertiary/aromatic N) is 3. The van der Waals surface area contributed by atoms with E-state index in [0.29, 0.717) is 29.4 Å². The first-order chi connectivity index (χ1) is 13.6. The Kier molecular flexibility index (Phi) is 6.07. The van der Waals surface area contributed by atoms with Crippen LogP contribution in [0.5, 0.6) is 0 Å². The molecular formula is C20H24F2N4O2S. The van der Waals surface area contributed by atoms with Crippen LogP contribution in [0.15, 0.2) is 27.1 Å². The van der Waals surface area contributed by atoms with Crippen molar-refractivity contribution in [2.75, 3.05) is 12.3 Å². The van der Waals surface area contributed by atoms with Gasteiger partial charge in [-0.25, -0.2) is 18.6 Å². The average molecular weight is 423 g/mol. The maximum absolute atomic E-state index is 14.7. The van der Waals surface area contributed by atoms with E-state index >= 15 is 0 Å². The van der Waals surface area contributed by atoms with E-state index in [-0.39, 0.29) is 11.5 Å². The normalized spacial score (nSPS) is 24.2. The van der Waals surface area contributed by atoms with Crippen LogP contribution in [0.4, 0.5) is 13.6 Å². The smallest absolute Gasteiger partial charge is 0.413 e. The number of nitrogens with one attached hydrogen (secondary N) is 1. The number of alkyl carbamates (subject to hydrolysis) is 1. The number of halogens is 2. The molecule has 0 bridgehead atoms. The fourth-order valence-corrected chi connectivity index (χ4v) is 4.26. The average Bonchev–Trinajstić information content (AvgIpc) is 2.60. The summed E-state index contributed by atoms with van der Waals surface area (Å²) in [6.45, 7) is 7.42. The fourth-order valence-electron chi connectivity index (χ4n) is 3.15. The zero-order valence-corrected chi connectivity index (χ0v) is 17.6. The molecule has 156 valence electrons. The highest BCUT2D eigenvalue weighted by Crippen LogP contribution is 2.38. The van der Waals surface area contributed by atoms with Crippen molar-refractivity contribution in [2.24, 2.45) is 15.0 Å². The highest BCUT2D eigenvalue weighted by atomic mass is 32.2. The van der Waals surface area contributed by atoms with Gasteiger partial charge >= 0.3 is 6.09 Å². The summed E-state index contributed by atoms with van der Waals surface area (Å²) < 4.78 is 34.5. The molecule has 3 rings (SSSR count). The third-order valence-corrected chi connectivity index (χ3v) is 5.44. The van der Waals surface area contributed by atoms with Gasteiger partial charge in [-0.3, -0.25) is 15.3 Å². The van der Waals surface area contributed by atoms with E-state index in [4.69, 9.17) is 4.74 Å². The second-order valence-corrected chi connectivity index (χ2v) is 9.24. The van der Waals surface area contributed by atoms with E-state index in [1.54, 1.807) is 33.9 Å². The first-order valence-corrected chi connectivity index (χ1v) is 10.3. The number of thioether (sulfide) groups is 1. The Balaban J connectivity index is 1.90. The van der Waals surface area contributed by atoms with Gasteiger partial charge in [0.2, 0.25) is 0 Å². The Morgan fingerprint density at radius 1 is 1.31 bits per heavy atom. The molecule has 1 amide bonds. The molecule has 0 radical (unpaired) electrons. The molecule has 2 heterocycles. The topological polar surface area (TPSA) is 75.4 Å². The summed E-state index contributed by atoms with van der Waals surface area (Å²) in [6.07, 6.45) is 2.93. The van der Waals surface area contributed by atoms with Crippen molar-refractivity contribution in [2.45, 2.75) is 51.2 Å². The molecular weight excluding hydrogens is 398 g/mol. The van der Waals surface area contributed by atoms with Crippen LogP contribution >= 0.6 is 11.8 Å². The van der Waals surface area contributed by atoms with E-state index in [1.165, 1.54) is 24.2 Å². The molecule has 1 aromatic rings. The van der Waals surface area contributed by atoms with Crippen LogP contribution in [0, 0.1) is 11.6 Å². The molecule has 0 spiro atoms. The van der Waals surface area contributed by atoms with Gasteiger partial charge in [-0.05, 0) is 45.7 Å². The minimum atomic E-state index is -0.947. The van der Waals surface area contributed by atoms with Gasteiger partial charge in [0.25, 0.3) is 0 Å². The van der Waals surface area contributed by atoms with E-state index in [9.17, 15) is 13.6 Å². The molecule has 0 saturated carbocycles. The second-order valence-electron chi connectivity index (χ2n) is 8.15. The first-order valence-electron chi connectivity index (χ1n) is 9.31. The Morgan fingerprint density at radius 3 is 2.72 bits per heavy atom. The molecule has 0 saturated heterocycles. The van der Waals surface area contributed by atoms with E-state index < -0.39 is 28.9 Å². The third-order valence-electron chi connectivity index (χ3n) is 4.57. The number of hydrogen-bond acceptors (Lipinski definition) is 6. The molecule has 2 atom stereocenters. The minimum absolute atomic E-state index is 0.278. The highest BCUT2D eigenvalue weighted by molar-refractivity contribution is 8.13. The molecule has 1 unspecified atom stereocenters. The van der Waals surface area contributed by atoms with Crippen molar-refractivity contribution in [3.8, 4) is 0 Å². The number of rotatable bonds is 2. The van der Waals surface area contributed by atoms with Gasteiger partial charge in [-0.15, -0.1) is 0 Å². The summed E-state index contributed by atoms with van der Waals surface area (Å²) in [5.41, 5.74) is -0.981. The van der Waals surface area contributed by atoms with Crippen LogP contribution in [-0.4, -0.2) is 41.7 Å². The summed E-state index contributed by atoms with van der Waals surface area (Å²) in [5, 5.41) is 2.97. The summed E-state index contributed by atoms with van der Waals surface area (Å²) in [7, 11) is 0. The van der Waals surface area contributed by atoms with Gasteiger partial charge in [0.05, 0.1) is 12.1 Å². The summed E-state index contributed by atoms with van der Waals surface area (Å²) in [5.74, 6) is -1.04. The Bertz CT molecular complexity index is 895. The lowest BCUT2D eigenvalue weighted by atomic mass is 9.86. The lowest BCUT2D eigenvalue weighted by molar-refractivity contribution is 0.0564. The Labute approximate surface area is 172 Å².